The summed E-state index contributed by atoms with van der Waals surface area (Å²) in [7, 11) is 0. The number of aliphatic hydroxyl groups is 1. The number of likely N-dealkylation sites (tertiary alicyclic amines) is 1. The predicted octanol–water partition coefficient (Wildman–Crippen LogP) is 2.87. The van der Waals surface area contributed by atoms with Crippen molar-refractivity contribution < 1.29 is 23.1 Å². The topological polar surface area (TPSA) is 40.5 Å². The van der Waals surface area contributed by atoms with E-state index in [0.29, 0.717) is 19.5 Å². The van der Waals surface area contributed by atoms with Crippen molar-refractivity contribution in [3.05, 3.63) is 35.4 Å². The number of piperidine rings is 1. The van der Waals surface area contributed by atoms with Crippen LogP contribution in [0.2, 0.25) is 0 Å². The van der Waals surface area contributed by atoms with Crippen molar-refractivity contribution in [2.75, 3.05) is 13.1 Å². The second-order valence-electron chi connectivity index (χ2n) is 6.18. The molecule has 0 unspecified atom stereocenters. The summed E-state index contributed by atoms with van der Waals surface area (Å²) in [6.45, 7) is 4.28. The van der Waals surface area contributed by atoms with Gasteiger partial charge in [-0.25, -0.2) is 0 Å². The van der Waals surface area contributed by atoms with Crippen LogP contribution < -0.4 is 0 Å². The van der Waals surface area contributed by atoms with Gasteiger partial charge in [-0.15, -0.1) is 0 Å². The summed E-state index contributed by atoms with van der Waals surface area (Å²) in [6.07, 6.45) is -4.30. The summed E-state index contributed by atoms with van der Waals surface area (Å²) in [6, 6.07) is 5.15. The van der Waals surface area contributed by atoms with E-state index in [1.54, 1.807) is 6.92 Å². The third kappa shape index (κ3) is 3.61. The highest BCUT2D eigenvalue weighted by Crippen LogP contribution is 2.33. The minimum Gasteiger partial charge on any atom is -0.390 e. The molecule has 0 saturated carbocycles. The van der Waals surface area contributed by atoms with Crippen molar-refractivity contribution in [1.29, 1.82) is 0 Å². The lowest BCUT2D eigenvalue weighted by atomic mass is 9.84. The summed E-state index contributed by atoms with van der Waals surface area (Å²) in [4.78, 5) is 13.8. The molecule has 3 nitrogen and oxygen atoms in total. The second kappa shape index (κ2) is 5.91. The second-order valence-corrected chi connectivity index (χ2v) is 6.18. The number of alkyl halides is 3. The Hall–Kier alpha value is -1.56. The fourth-order valence-electron chi connectivity index (χ4n) is 2.68. The Labute approximate surface area is 127 Å². The Morgan fingerprint density at radius 2 is 2.05 bits per heavy atom. The standard InChI is InChI=1S/C16H20F3NO2/c1-11-10-20(8-7-15(11,2)22)14(21)9-12-5-3-4-6-13(12)16(17,18)19/h3-6,11,22H,7-10H2,1-2H3/t11-,15+/m1/s1. The van der Waals surface area contributed by atoms with E-state index in [2.05, 4.69) is 0 Å². The van der Waals surface area contributed by atoms with Crippen LogP contribution in [0, 0.1) is 5.92 Å². The van der Waals surface area contributed by atoms with E-state index >= 15 is 0 Å². The third-order valence-electron chi connectivity index (χ3n) is 4.46. The van der Waals surface area contributed by atoms with E-state index in [-0.39, 0.29) is 23.8 Å². The summed E-state index contributed by atoms with van der Waals surface area (Å²) in [5.74, 6) is -0.442. The van der Waals surface area contributed by atoms with Gasteiger partial charge in [-0.2, -0.15) is 13.2 Å². The van der Waals surface area contributed by atoms with Gasteiger partial charge in [0.25, 0.3) is 0 Å². The molecule has 1 aromatic carbocycles. The van der Waals surface area contributed by atoms with Gasteiger partial charge in [0.15, 0.2) is 0 Å². The normalized spacial score (nSPS) is 26.1. The van der Waals surface area contributed by atoms with Gasteiger partial charge >= 0.3 is 6.18 Å². The van der Waals surface area contributed by atoms with E-state index < -0.39 is 17.3 Å². The number of carbonyl (C=O) groups excluding carboxylic acids is 1. The van der Waals surface area contributed by atoms with Gasteiger partial charge in [-0.3, -0.25) is 4.79 Å². The minimum atomic E-state index is -4.46. The Morgan fingerprint density at radius 3 is 2.64 bits per heavy atom. The number of halogens is 3. The van der Waals surface area contributed by atoms with Crippen LogP contribution in [0.15, 0.2) is 24.3 Å². The van der Waals surface area contributed by atoms with E-state index in [1.807, 2.05) is 6.92 Å². The van der Waals surface area contributed by atoms with Crippen LogP contribution in [0.5, 0.6) is 0 Å². The molecule has 1 aromatic rings. The van der Waals surface area contributed by atoms with Gasteiger partial charge in [0.1, 0.15) is 0 Å². The highest BCUT2D eigenvalue weighted by atomic mass is 19.4. The van der Waals surface area contributed by atoms with Gasteiger partial charge in [0, 0.05) is 19.0 Å². The largest absolute Gasteiger partial charge is 0.416 e. The number of amides is 1. The van der Waals surface area contributed by atoms with E-state index in [1.165, 1.54) is 23.1 Å². The van der Waals surface area contributed by atoms with Crippen molar-refractivity contribution in [2.45, 2.75) is 38.5 Å². The monoisotopic (exact) mass is 315 g/mol. The van der Waals surface area contributed by atoms with Crippen LogP contribution in [0.4, 0.5) is 13.2 Å². The number of carbonyl (C=O) groups is 1. The van der Waals surface area contributed by atoms with Crippen LogP contribution >= 0.6 is 0 Å². The maximum Gasteiger partial charge on any atom is 0.416 e. The molecule has 0 spiro atoms. The molecule has 0 bridgehead atoms. The van der Waals surface area contributed by atoms with Crippen LogP contribution in [0.1, 0.15) is 31.4 Å². The van der Waals surface area contributed by atoms with E-state index in [9.17, 15) is 23.1 Å². The Balaban J connectivity index is 2.11. The molecule has 122 valence electrons. The number of hydrogen-bond donors (Lipinski definition) is 1. The first-order valence-electron chi connectivity index (χ1n) is 7.26. The number of rotatable bonds is 2. The average molecular weight is 315 g/mol. The third-order valence-corrected chi connectivity index (χ3v) is 4.46. The Bertz CT molecular complexity index is 555. The van der Waals surface area contributed by atoms with Gasteiger partial charge in [-0.1, -0.05) is 25.1 Å². The molecule has 22 heavy (non-hydrogen) atoms. The molecule has 0 aromatic heterocycles. The zero-order valence-corrected chi connectivity index (χ0v) is 12.7. The first-order valence-corrected chi connectivity index (χ1v) is 7.26. The molecule has 1 amide bonds. The minimum absolute atomic E-state index is 0.00927. The van der Waals surface area contributed by atoms with Crippen LogP contribution in [0.25, 0.3) is 0 Å². The molecule has 1 fully saturated rings. The molecular formula is C16H20F3NO2. The quantitative estimate of drug-likeness (QED) is 0.912. The molecule has 6 heteroatoms. The molecule has 1 aliphatic rings. The fraction of sp³-hybridized carbons (Fsp3) is 0.562. The summed E-state index contributed by atoms with van der Waals surface area (Å²) >= 11 is 0. The van der Waals surface area contributed by atoms with Crippen LogP contribution in [-0.2, 0) is 17.4 Å². The van der Waals surface area contributed by atoms with Gasteiger partial charge < -0.3 is 10.0 Å². The fourth-order valence-corrected chi connectivity index (χ4v) is 2.68. The maximum atomic E-state index is 12.9. The Morgan fingerprint density at radius 1 is 1.41 bits per heavy atom. The zero-order valence-electron chi connectivity index (χ0n) is 12.7. The molecule has 0 aliphatic carbocycles. The molecule has 1 N–H and O–H groups in total. The van der Waals surface area contributed by atoms with Gasteiger partial charge in [0.05, 0.1) is 17.6 Å². The molecule has 1 heterocycles. The van der Waals surface area contributed by atoms with Crippen molar-refractivity contribution in [3.63, 3.8) is 0 Å². The van der Waals surface area contributed by atoms with E-state index in [0.717, 1.165) is 6.07 Å². The summed E-state index contributed by atoms with van der Waals surface area (Å²) < 4.78 is 38.8. The molecule has 1 aliphatic heterocycles. The van der Waals surface area contributed by atoms with Gasteiger partial charge in [-0.05, 0) is 25.0 Å². The SMILES string of the molecule is C[C@@H]1CN(C(=O)Cc2ccccc2C(F)(F)F)CC[C@]1(C)O. The van der Waals surface area contributed by atoms with Crippen molar-refractivity contribution in [1.82, 2.24) is 4.90 Å². The zero-order chi connectivity index (χ0) is 16.5. The predicted molar refractivity (Wildman–Crippen MR) is 76.1 cm³/mol. The smallest absolute Gasteiger partial charge is 0.390 e. The lowest BCUT2D eigenvalue weighted by Gasteiger charge is -2.41. The van der Waals surface area contributed by atoms with Crippen LogP contribution in [0.3, 0.4) is 0 Å². The highest BCUT2D eigenvalue weighted by molar-refractivity contribution is 5.79. The lowest BCUT2D eigenvalue weighted by Crippen LogP contribution is -2.51. The maximum absolute atomic E-state index is 12.9. The lowest BCUT2D eigenvalue weighted by molar-refractivity contribution is -0.140. The first kappa shape index (κ1) is 16.8. The number of nitrogens with zero attached hydrogens (tertiary/aromatic N) is 1. The van der Waals surface area contributed by atoms with Gasteiger partial charge in [0.2, 0.25) is 5.91 Å². The molecule has 2 atom stereocenters. The highest BCUT2D eigenvalue weighted by Gasteiger charge is 2.37. The molecule has 2 rings (SSSR count). The summed E-state index contributed by atoms with van der Waals surface area (Å²) in [5.41, 5.74) is -1.61. The molecule has 0 radical (unpaired) electrons. The Kier molecular flexibility index (Phi) is 4.52. The van der Waals surface area contributed by atoms with E-state index in [4.69, 9.17) is 0 Å². The van der Waals surface area contributed by atoms with Crippen molar-refractivity contribution >= 4 is 5.91 Å². The molecule has 1 saturated heterocycles. The number of benzene rings is 1. The van der Waals surface area contributed by atoms with Crippen molar-refractivity contribution in [3.8, 4) is 0 Å². The average Bonchev–Trinajstić information content (AvgIpc) is 2.41. The van der Waals surface area contributed by atoms with Crippen molar-refractivity contribution in [2.24, 2.45) is 5.92 Å². The van der Waals surface area contributed by atoms with Crippen LogP contribution in [-0.4, -0.2) is 34.6 Å². The first-order chi connectivity index (χ1) is 10.1. The number of hydrogen-bond acceptors (Lipinski definition) is 2. The molecular weight excluding hydrogens is 295 g/mol. The summed E-state index contributed by atoms with van der Waals surface area (Å²) in [5, 5.41) is 10.1.